The standard InChI is InChI=1S/C14H30N4O/c1-11-9-18(10-12(2)17(11)4)8-6-5-7-14(3,16)13(15)19/h11-12H,5-10,16H2,1-4H3,(H2,15,19). The first-order valence-corrected chi connectivity index (χ1v) is 7.27. The molecule has 1 rings (SSSR count). The normalized spacial score (nSPS) is 29.1. The van der Waals surface area contributed by atoms with Crippen LogP contribution < -0.4 is 11.5 Å². The summed E-state index contributed by atoms with van der Waals surface area (Å²) >= 11 is 0. The van der Waals surface area contributed by atoms with Crippen molar-refractivity contribution in [1.82, 2.24) is 9.80 Å². The highest BCUT2D eigenvalue weighted by atomic mass is 16.1. The van der Waals surface area contributed by atoms with E-state index in [-0.39, 0.29) is 0 Å². The molecule has 0 bridgehead atoms. The third-order valence-corrected chi connectivity index (χ3v) is 4.42. The molecule has 1 heterocycles. The SMILES string of the molecule is CC1CN(CCCCC(C)(N)C(N)=O)CC(C)N1C. The van der Waals surface area contributed by atoms with Crippen LogP contribution in [0.2, 0.25) is 0 Å². The number of unbranched alkanes of at least 4 members (excludes halogenated alkanes) is 1. The number of nitrogens with two attached hydrogens (primary N) is 2. The smallest absolute Gasteiger partial charge is 0.237 e. The zero-order valence-corrected chi connectivity index (χ0v) is 12.9. The molecule has 1 saturated heterocycles. The average Bonchev–Trinajstić information content (AvgIpc) is 2.31. The number of nitrogens with zero attached hydrogens (tertiary/aromatic N) is 2. The van der Waals surface area contributed by atoms with Crippen LogP contribution in [0.4, 0.5) is 0 Å². The molecule has 0 spiro atoms. The van der Waals surface area contributed by atoms with E-state index in [2.05, 4.69) is 30.7 Å². The van der Waals surface area contributed by atoms with Gasteiger partial charge < -0.3 is 16.4 Å². The Morgan fingerprint density at radius 1 is 1.26 bits per heavy atom. The molecule has 0 radical (unpaired) electrons. The van der Waals surface area contributed by atoms with Gasteiger partial charge >= 0.3 is 0 Å². The lowest BCUT2D eigenvalue weighted by atomic mass is 9.95. The quantitative estimate of drug-likeness (QED) is 0.684. The van der Waals surface area contributed by atoms with Crippen LogP contribution in [0.1, 0.15) is 40.0 Å². The van der Waals surface area contributed by atoms with Gasteiger partial charge in [-0.25, -0.2) is 0 Å². The van der Waals surface area contributed by atoms with Gasteiger partial charge in [0, 0.05) is 25.2 Å². The average molecular weight is 270 g/mol. The van der Waals surface area contributed by atoms with Crippen LogP contribution in [0.3, 0.4) is 0 Å². The molecule has 3 unspecified atom stereocenters. The van der Waals surface area contributed by atoms with E-state index in [4.69, 9.17) is 11.5 Å². The Balaban J connectivity index is 2.25. The molecule has 19 heavy (non-hydrogen) atoms. The summed E-state index contributed by atoms with van der Waals surface area (Å²) in [5.74, 6) is -0.408. The van der Waals surface area contributed by atoms with Crippen LogP contribution in [0.15, 0.2) is 0 Å². The molecule has 1 fully saturated rings. The monoisotopic (exact) mass is 270 g/mol. The van der Waals surface area contributed by atoms with Crippen molar-refractivity contribution in [3.63, 3.8) is 0 Å². The minimum Gasteiger partial charge on any atom is -0.368 e. The summed E-state index contributed by atoms with van der Waals surface area (Å²) in [6.07, 6.45) is 2.69. The van der Waals surface area contributed by atoms with Crippen LogP contribution in [0, 0.1) is 0 Å². The number of likely N-dealkylation sites (N-methyl/N-ethyl adjacent to an activating group) is 1. The molecule has 0 aromatic rings. The largest absolute Gasteiger partial charge is 0.368 e. The van der Waals surface area contributed by atoms with Crippen molar-refractivity contribution in [3.05, 3.63) is 0 Å². The van der Waals surface area contributed by atoms with Gasteiger partial charge in [0.1, 0.15) is 0 Å². The van der Waals surface area contributed by atoms with Gasteiger partial charge in [-0.2, -0.15) is 0 Å². The fraction of sp³-hybridized carbons (Fsp3) is 0.929. The zero-order valence-electron chi connectivity index (χ0n) is 12.9. The summed E-state index contributed by atoms with van der Waals surface area (Å²) in [4.78, 5) is 16.1. The van der Waals surface area contributed by atoms with E-state index < -0.39 is 11.4 Å². The summed E-state index contributed by atoms with van der Waals surface area (Å²) in [6.45, 7) is 9.58. The highest BCUT2D eigenvalue weighted by molar-refractivity contribution is 5.83. The highest BCUT2D eigenvalue weighted by Gasteiger charge is 2.27. The minimum absolute atomic E-state index is 0.408. The summed E-state index contributed by atoms with van der Waals surface area (Å²) in [7, 11) is 2.19. The second-order valence-electron chi connectivity index (χ2n) is 6.36. The molecule has 1 aliphatic heterocycles. The van der Waals surface area contributed by atoms with E-state index in [1.165, 1.54) is 0 Å². The summed E-state index contributed by atoms with van der Waals surface area (Å²) in [5, 5.41) is 0. The summed E-state index contributed by atoms with van der Waals surface area (Å²) in [5.41, 5.74) is 10.3. The van der Waals surface area contributed by atoms with Gasteiger partial charge in [0.05, 0.1) is 5.54 Å². The molecule has 1 aliphatic rings. The first kappa shape index (κ1) is 16.4. The van der Waals surface area contributed by atoms with Crippen LogP contribution in [0.5, 0.6) is 0 Å². The molecule has 0 saturated carbocycles. The Bertz CT molecular complexity index is 294. The number of hydrogen-bond donors (Lipinski definition) is 2. The Hall–Kier alpha value is -0.650. The minimum atomic E-state index is -0.858. The van der Waals surface area contributed by atoms with Gasteiger partial charge in [-0.05, 0) is 53.6 Å². The van der Waals surface area contributed by atoms with E-state index in [0.717, 1.165) is 32.5 Å². The number of rotatable bonds is 6. The molecule has 3 atom stereocenters. The van der Waals surface area contributed by atoms with Crippen molar-refractivity contribution >= 4 is 5.91 Å². The number of piperazine rings is 1. The maximum atomic E-state index is 11.1. The van der Waals surface area contributed by atoms with Gasteiger partial charge in [0.25, 0.3) is 0 Å². The molecule has 112 valence electrons. The van der Waals surface area contributed by atoms with E-state index in [1.54, 1.807) is 6.92 Å². The van der Waals surface area contributed by atoms with Gasteiger partial charge in [-0.3, -0.25) is 9.69 Å². The molecule has 0 aliphatic carbocycles. The highest BCUT2D eigenvalue weighted by Crippen LogP contribution is 2.15. The molecule has 0 aromatic carbocycles. The predicted molar refractivity (Wildman–Crippen MR) is 78.8 cm³/mol. The number of amides is 1. The zero-order chi connectivity index (χ0) is 14.6. The van der Waals surface area contributed by atoms with E-state index >= 15 is 0 Å². The second kappa shape index (κ2) is 6.68. The van der Waals surface area contributed by atoms with Crippen molar-refractivity contribution in [1.29, 1.82) is 0 Å². The van der Waals surface area contributed by atoms with Crippen LogP contribution in [-0.4, -0.2) is 60.0 Å². The van der Waals surface area contributed by atoms with E-state index in [1.807, 2.05) is 0 Å². The first-order valence-electron chi connectivity index (χ1n) is 7.27. The second-order valence-corrected chi connectivity index (χ2v) is 6.36. The maximum Gasteiger partial charge on any atom is 0.237 e. The van der Waals surface area contributed by atoms with E-state index in [0.29, 0.717) is 18.5 Å². The third-order valence-electron chi connectivity index (χ3n) is 4.42. The lowest BCUT2D eigenvalue weighted by Crippen LogP contribution is -2.55. The number of primary amides is 1. The Labute approximate surface area is 117 Å². The summed E-state index contributed by atoms with van der Waals surface area (Å²) in [6, 6.07) is 1.21. The Morgan fingerprint density at radius 2 is 1.79 bits per heavy atom. The number of carbonyl (C=O) groups excluding carboxylic acids is 1. The van der Waals surface area contributed by atoms with Crippen molar-refractivity contribution in [2.24, 2.45) is 11.5 Å². The predicted octanol–water partition coefficient (Wildman–Crippen LogP) is 0.384. The van der Waals surface area contributed by atoms with E-state index in [9.17, 15) is 4.79 Å². The molecule has 0 aromatic heterocycles. The lowest BCUT2D eigenvalue weighted by Gasteiger charge is -2.42. The molecular formula is C14H30N4O. The van der Waals surface area contributed by atoms with Crippen molar-refractivity contribution in [2.75, 3.05) is 26.7 Å². The lowest BCUT2D eigenvalue weighted by molar-refractivity contribution is -0.122. The molecular weight excluding hydrogens is 240 g/mol. The fourth-order valence-electron chi connectivity index (χ4n) is 2.65. The molecule has 5 nitrogen and oxygen atoms in total. The van der Waals surface area contributed by atoms with Gasteiger partial charge in [-0.15, -0.1) is 0 Å². The Morgan fingerprint density at radius 3 is 2.26 bits per heavy atom. The maximum absolute atomic E-state index is 11.1. The summed E-state index contributed by atoms with van der Waals surface area (Å²) < 4.78 is 0. The van der Waals surface area contributed by atoms with Crippen molar-refractivity contribution < 1.29 is 4.79 Å². The van der Waals surface area contributed by atoms with Crippen LogP contribution in [-0.2, 0) is 4.79 Å². The van der Waals surface area contributed by atoms with Gasteiger partial charge in [-0.1, -0.05) is 0 Å². The van der Waals surface area contributed by atoms with Crippen LogP contribution in [0.25, 0.3) is 0 Å². The molecule has 4 N–H and O–H groups in total. The first-order chi connectivity index (χ1) is 8.74. The third kappa shape index (κ3) is 4.75. The van der Waals surface area contributed by atoms with Crippen molar-refractivity contribution in [2.45, 2.75) is 57.7 Å². The topological polar surface area (TPSA) is 75.6 Å². The van der Waals surface area contributed by atoms with Gasteiger partial charge in [0.2, 0.25) is 5.91 Å². The molecule has 1 amide bonds. The number of hydrogen-bond acceptors (Lipinski definition) is 4. The van der Waals surface area contributed by atoms with Crippen molar-refractivity contribution in [3.8, 4) is 0 Å². The Kier molecular flexibility index (Phi) is 5.77. The number of carbonyl (C=O) groups is 1. The fourth-order valence-corrected chi connectivity index (χ4v) is 2.65. The van der Waals surface area contributed by atoms with Gasteiger partial charge in [0.15, 0.2) is 0 Å². The van der Waals surface area contributed by atoms with Crippen LogP contribution >= 0.6 is 0 Å². The molecule has 5 heteroatoms.